The van der Waals surface area contributed by atoms with Gasteiger partial charge in [-0.05, 0) is 74.7 Å². The van der Waals surface area contributed by atoms with Crippen molar-refractivity contribution >= 4 is 21.6 Å². The van der Waals surface area contributed by atoms with Gasteiger partial charge in [-0.1, -0.05) is 19.1 Å². The average molecular weight is 454 g/mol. The van der Waals surface area contributed by atoms with Crippen molar-refractivity contribution in [2.75, 3.05) is 4.72 Å². The maximum absolute atomic E-state index is 12.7. The van der Waals surface area contributed by atoms with Gasteiger partial charge in [0.15, 0.2) is 0 Å². The Labute approximate surface area is 188 Å². The summed E-state index contributed by atoms with van der Waals surface area (Å²) in [6.45, 7) is 7.55. The lowest BCUT2D eigenvalue weighted by Crippen LogP contribution is -2.31. The third-order valence-corrected chi connectivity index (χ3v) is 6.47. The molecule has 0 aliphatic carbocycles. The fourth-order valence-corrected chi connectivity index (χ4v) is 4.29. The maximum atomic E-state index is 12.7. The number of benzene rings is 2. The Hall–Kier alpha value is -3.39. The molecule has 2 aromatic carbocycles. The van der Waals surface area contributed by atoms with E-state index in [1.807, 2.05) is 26.8 Å². The third-order valence-electron chi connectivity index (χ3n) is 4.95. The van der Waals surface area contributed by atoms with E-state index in [1.54, 1.807) is 55.5 Å². The summed E-state index contributed by atoms with van der Waals surface area (Å²) in [7, 11) is -3.70. The maximum Gasteiger partial charge on any atom is 0.262 e. The van der Waals surface area contributed by atoms with E-state index in [4.69, 9.17) is 4.74 Å². The standard InChI is InChI=1S/C24H27N3O4S/c1-5-18(4)26-24(28)19-8-13-23(25-15-19)31-21-11-9-20(10-12-21)27-32(29,30)22-14-16(2)6-7-17(22)3/h6-15,18,27H,5H2,1-4H3,(H,26,28). The second-order valence-corrected chi connectivity index (χ2v) is 9.32. The quantitative estimate of drug-likeness (QED) is 0.510. The second kappa shape index (κ2) is 9.82. The van der Waals surface area contributed by atoms with Crippen LogP contribution in [0.15, 0.2) is 65.7 Å². The number of nitrogens with one attached hydrogen (secondary N) is 2. The van der Waals surface area contributed by atoms with Crippen molar-refractivity contribution < 1.29 is 17.9 Å². The highest BCUT2D eigenvalue weighted by Gasteiger charge is 2.17. The zero-order chi connectivity index (χ0) is 23.3. The molecule has 1 unspecified atom stereocenters. The molecule has 0 fully saturated rings. The van der Waals surface area contributed by atoms with Crippen LogP contribution >= 0.6 is 0 Å². The zero-order valence-corrected chi connectivity index (χ0v) is 19.4. The first-order valence-electron chi connectivity index (χ1n) is 10.3. The summed E-state index contributed by atoms with van der Waals surface area (Å²) in [5.41, 5.74) is 2.42. The monoisotopic (exact) mass is 453 g/mol. The van der Waals surface area contributed by atoms with Gasteiger partial charge in [-0.25, -0.2) is 13.4 Å². The van der Waals surface area contributed by atoms with Gasteiger partial charge >= 0.3 is 0 Å². The van der Waals surface area contributed by atoms with Crippen molar-refractivity contribution in [1.29, 1.82) is 0 Å². The summed E-state index contributed by atoms with van der Waals surface area (Å²) in [4.78, 5) is 16.6. The van der Waals surface area contributed by atoms with Crippen molar-refractivity contribution in [3.05, 3.63) is 77.5 Å². The normalized spacial score (nSPS) is 12.1. The minimum atomic E-state index is -3.70. The first-order valence-corrected chi connectivity index (χ1v) is 11.8. The summed E-state index contributed by atoms with van der Waals surface area (Å²) in [6, 6.07) is 15.2. The first kappa shape index (κ1) is 23.3. The number of ether oxygens (including phenoxy) is 1. The van der Waals surface area contributed by atoms with Crippen LogP contribution in [0.4, 0.5) is 5.69 Å². The van der Waals surface area contributed by atoms with Gasteiger partial charge in [0.1, 0.15) is 5.75 Å². The van der Waals surface area contributed by atoms with E-state index >= 15 is 0 Å². The number of hydrogen-bond acceptors (Lipinski definition) is 5. The van der Waals surface area contributed by atoms with Crippen molar-refractivity contribution in [1.82, 2.24) is 10.3 Å². The highest BCUT2D eigenvalue weighted by Crippen LogP contribution is 2.24. The Morgan fingerprint density at radius 1 is 1.06 bits per heavy atom. The molecule has 0 aliphatic heterocycles. The molecule has 1 aromatic heterocycles. The molecular formula is C24H27N3O4S. The lowest BCUT2D eigenvalue weighted by molar-refractivity contribution is 0.0939. The molecular weight excluding hydrogens is 426 g/mol. The molecule has 1 atom stereocenters. The molecule has 0 aliphatic rings. The minimum Gasteiger partial charge on any atom is -0.439 e. The topological polar surface area (TPSA) is 97.4 Å². The summed E-state index contributed by atoms with van der Waals surface area (Å²) in [5, 5.41) is 2.88. The summed E-state index contributed by atoms with van der Waals surface area (Å²) in [6.07, 6.45) is 2.30. The van der Waals surface area contributed by atoms with E-state index in [0.717, 1.165) is 12.0 Å². The second-order valence-electron chi connectivity index (χ2n) is 7.67. The first-order chi connectivity index (χ1) is 15.2. The van der Waals surface area contributed by atoms with Gasteiger partial charge in [-0.2, -0.15) is 0 Å². The lowest BCUT2D eigenvalue weighted by Gasteiger charge is -2.12. The Balaban J connectivity index is 1.66. The van der Waals surface area contributed by atoms with E-state index in [1.165, 1.54) is 6.20 Å². The Morgan fingerprint density at radius 2 is 1.78 bits per heavy atom. The largest absolute Gasteiger partial charge is 0.439 e. The molecule has 2 N–H and O–H groups in total. The highest BCUT2D eigenvalue weighted by atomic mass is 32.2. The summed E-state index contributed by atoms with van der Waals surface area (Å²) >= 11 is 0. The summed E-state index contributed by atoms with van der Waals surface area (Å²) in [5.74, 6) is 0.636. The number of anilines is 1. The third kappa shape index (κ3) is 5.85. The highest BCUT2D eigenvalue weighted by molar-refractivity contribution is 7.92. The molecule has 3 aromatic rings. The van der Waals surface area contributed by atoms with Crippen LogP contribution in [0, 0.1) is 13.8 Å². The SMILES string of the molecule is CCC(C)NC(=O)c1ccc(Oc2ccc(NS(=O)(=O)c3cc(C)ccc3C)cc2)nc1. The number of carbonyl (C=O) groups excluding carboxylic acids is 1. The van der Waals surface area contributed by atoms with Crippen LogP contribution in [0.1, 0.15) is 41.8 Å². The smallest absolute Gasteiger partial charge is 0.262 e. The molecule has 0 saturated carbocycles. The molecule has 8 heteroatoms. The van der Waals surface area contributed by atoms with Crippen molar-refractivity contribution in [3.63, 3.8) is 0 Å². The van der Waals surface area contributed by atoms with E-state index in [2.05, 4.69) is 15.0 Å². The van der Waals surface area contributed by atoms with Crippen molar-refractivity contribution in [3.8, 4) is 11.6 Å². The van der Waals surface area contributed by atoms with Gasteiger partial charge in [0.2, 0.25) is 5.88 Å². The minimum absolute atomic E-state index is 0.0872. The van der Waals surface area contributed by atoms with Gasteiger partial charge in [-0.15, -0.1) is 0 Å². The number of rotatable bonds is 8. The van der Waals surface area contributed by atoms with E-state index in [-0.39, 0.29) is 16.8 Å². The van der Waals surface area contributed by atoms with Crippen LogP contribution < -0.4 is 14.8 Å². The number of aromatic nitrogens is 1. The fourth-order valence-electron chi connectivity index (χ4n) is 2.90. The molecule has 0 radical (unpaired) electrons. The summed E-state index contributed by atoms with van der Waals surface area (Å²) < 4.78 is 33.8. The molecule has 32 heavy (non-hydrogen) atoms. The zero-order valence-electron chi connectivity index (χ0n) is 18.5. The molecule has 0 spiro atoms. The molecule has 3 rings (SSSR count). The van der Waals surface area contributed by atoms with Crippen LogP contribution in [-0.2, 0) is 10.0 Å². The average Bonchev–Trinajstić information content (AvgIpc) is 2.77. The number of amides is 1. The number of hydrogen-bond donors (Lipinski definition) is 2. The lowest BCUT2D eigenvalue weighted by atomic mass is 10.2. The molecule has 0 saturated heterocycles. The van der Waals surface area contributed by atoms with E-state index < -0.39 is 10.0 Å². The van der Waals surface area contributed by atoms with Crippen LogP contribution in [-0.4, -0.2) is 25.4 Å². The molecule has 7 nitrogen and oxygen atoms in total. The van der Waals surface area contributed by atoms with Crippen LogP contribution in [0.2, 0.25) is 0 Å². The Kier molecular flexibility index (Phi) is 7.15. The molecule has 1 amide bonds. The van der Waals surface area contributed by atoms with Gasteiger partial charge < -0.3 is 10.1 Å². The van der Waals surface area contributed by atoms with Gasteiger partial charge in [0, 0.05) is 24.0 Å². The number of pyridine rings is 1. The van der Waals surface area contributed by atoms with E-state index in [0.29, 0.717) is 28.4 Å². The number of carbonyl (C=O) groups is 1. The number of sulfonamides is 1. The molecule has 168 valence electrons. The van der Waals surface area contributed by atoms with Crippen LogP contribution in [0.3, 0.4) is 0 Å². The van der Waals surface area contributed by atoms with Gasteiger partial charge in [0.05, 0.1) is 10.5 Å². The fraction of sp³-hybridized carbons (Fsp3) is 0.250. The number of aryl methyl sites for hydroxylation is 2. The number of nitrogens with zero attached hydrogens (tertiary/aromatic N) is 1. The van der Waals surface area contributed by atoms with Crippen LogP contribution in [0.25, 0.3) is 0 Å². The molecule has 1 heterocycles. The Morgan fingerprint density at radius 3 is 2.41 bits per heavy atom. The van der Waals surface area contributed by atoms with Crippen LogP contribution in [0.5, 0.6) is 11.6 Å². The van der Waals surface area contributed by atoms with Gasteiger partial charge in [0.25, 0.3) is 15.9 Å². The Bertz CT molecular complexity index is 1190. The van der Waals surface area contributed by atoms with Crippen molar-refractivity contribution in [2.24, 2.45) is 0 Å². The predicted molar refractivity (Wildman–Crippen MR) is 125 cm³/mol. The predicted octanol–water partition coefficient (Wildman–Crippen LogP) is 4.82. The van der Waals surface area contributed by atoms with Crippen molar-refractivity contribution in [2.45, 2.75) is 45.1 Å². The molecule has 0 bridgehead atoms. The van der Waals surface area contributed by atoms with E-state index in [9.17, 15) is 13.2 Å². The van der Waals surface area contributed by atoms with Gasteiger partial charge in [-0.3, -0.25) is 9.52 Å².